The molecule has 1 aliphatic rings. The molecule has 1 amide bonds. The summed E-state index contributed by atoms with van der Waals surface area (Å²) >= 11 is 0. The summed E-state index contributed by atoms with van der Waals surface area (Å²) in [6.45, 7) is 0.265. The number of hydrogen-bond donors (Lipinski definition) is 2. The number of ether oxygens (including phenoxy) is 3. The molecule has 1 aromatic heterocycles. The van der Waals surface area contributed by atoms with Crippen LogP contribution in [0.2, 0.25) is 0 Å². The van der Waals surface area contributed by atoms with Gasteiger partial charge in [0.15, 0.2) is 12.4 Å². The van der Waals surface area contributed by atoms with E-state index in [9.17, 15) is 14.3 Å². The summed E-state index contributed by atoms with van der Waals surface area (Å²) in [6.07, 6.45) is 0.692. The molecular formula is C30H32FN3O5. The number of aliphatic hydroxyl groups excluding tert-OH is 1. The van der Waals surface area contributed by atoms with Gasteiger partial charge >= 0.3 is 6.09 Å². The molecule has 0 bridgehead atoms. The zero-order valence-corrected chi connectivity index (χ0v) is 21.6. The fraction of sp³-hybridized carbons (Fsp3) is 0.333. The lowest BCUT2D eigenvalue weighted by Crippen LogP contribution is -2.33. The highest BCUT2D eigenvalue weighted by molar-refractivity contribution is 5.94. The SMILES string of the molecule is O=C(NC[C@H](F)COc1ccc2c(c1)c(-c1cccc(CO)c1)nn2C1CCCCO1)OCc1ccccc1. The van der Waals surface area contributed by atoms with Crippen molar-refractivity contribution in [2.24, 2.45) is 0 Å². The van der Waals surface area contributed by atoms with E-state index in [1.807, 2.05) is 71.4 Å². The van der Waals surface area contributed by atoms with Gasteiger partial charge in [-0.25, -0.2) is 13.9 Å². The summed E-state index contributed by atoms with van der Waals surface area (Å²) in [6, 6.07) is 22.4. The van der Waals surface area contributed by atoms with Crippen LogP contribution in [0.4, 0.5) is 9.18 Å². The first-order valence-corrected chi connectivity index (χ1v) is 13.2. The Labute approximate surface area is 226 Å². The molecule has 0 saturated carbocycles. The minimum atomic E-state index is -1.43. The number of carbonyl (C=O) groups excluding carboxylic acids is 1. The van der Waals surface area contributed by atoms with Crippen molar-refractivity contribution in [2.45, 2.75) is 44.9 Å². The number of hydrogen-bond acceptors (Lipinski definition) is 6. The Kier molecular flexibility index (Phi) is 8.70. The van der Waals surface area contributed by atoms with Crippen LogP contribution in [0.1, 0.15) is 36.6 Å². The Morgan fingerprint density at radius 2 is 1.95 bits per heavy atom. The van der Waals surface area contributed by atoms with E-state index in [1.54, 1.807) is 6.07 Å². The van der Waals surface area contributed by atoms with Gasteiger partial charge in [0.05, 0.1) is 18.7 Å². The Bertz CT molecular complexity index is 1390. The first-order valence-electron chi connectivity index (χ1n) is 13.2. The van der Waals surface area contributed by atoms with Crippen LogP contribution in [-0.4, -0.2) is 46.9 Å². The molecule has 8 nitrogen and oxygen atoms in total. The fourth-order valence-electron chi connectivity index (χ4n) is 4.59. The molecular weight excluding hydrogens is 501 g/mol. The maximum atomic E-state index is 14.5. The van der Waals surface area contributed by atoms with Crippen LogP contribution in [0.25, 0.3) is 22.2 Å². The number of fused-ring (bicyclic) bond motifs is 1. The Morgan fingerprint density at radius 1 is 1.10 bits per heavy atom. The molecule has 3 aromatic carbocycles. The molecule has 204 valence electrons. The predicted octanol–water partition coefficient (Wildman–Crippen LogP) is 5.54. The van der Waals surface area contributed by atoms with Crippen LogP contribution in [0, 0.1) is 0 Å². The minimum Gasteiger partial charge on any atom is -0.490 e. The lowest BCUT2D eigenvalue weighted by atomic mass is 10.1. The second kappa shape index (κ2) is 12.7. The van der Waals surface area contributed by atoms with Gasteiger partial charge in [-0.15, -0.1) is 0 Å². The normalized spacial score (nSPS) is 16.1. The lowest BCUT2D eigenvalue weighted by Gasteiger charge is -2.23. The third-order valence-electron chi connectivity index (χ3n) is 6.60. The minimum absolute atomic E-state index is 0.0711. The largest absolute Gasteiger partial charge is 0.490 e. The molecule has 2 heterocycles. The Morgan fingerprint density at radius 3 is 2.74 bits per heavy atom. The summed E-state index contributed by atoms with van der Waals surface area (Å²) in [5.74, 6) is 0.487. The van der Waals surface area contributed by atoms with E-state index >= 15 is 0 Å². The summed E-state index contributed by atoms with van der Waals surface area (Å²) in [4.78, 5) is 11.9. The van der Waals surface area contributed by atoms with Crippen molar-refractivity contribution < 1.29 is 28.5 Å². The average Bonchev–Trinajstić information content (AvgIpc) is 3.38. The van der Waals surface area contributed by atoms with Crippen molar-refractivity contribution in [2.75, 3.05) is 19.8 Å². The van der Waals surface area contributed by atoms with Gasteiger partial charge in [0.25, 0.3) is 0 Å². The third-order valence-corrected chi connectivity index (χ3v) is 6.60. The zero-order chi connectivity index (χ0) is 27.0. The van der Waals surface area contributed by atoms with Crippen LogP contribution in [-0.2, 0) is 22.7 Å². The molecule has 1 unspecified atom stereocenters. The standard InChI is InChI=1S/C30H32FN3O5/c31-24(17-32-30(36)39-19-21-7-2-1-3-8-21)20-38-25-12-13-27-26(16-25)29(23-10-6-9-22(15-23)18-35)33-34(27)28-11-4-5-14-37-28/h1-3,6-10,12-13,15-16,24,28,35H,4-5,11,14,17-20H2,(H,32,36)/t24-,28?/m0/s1. The van der Waals surface area contributed by atoms with Gasteiger partial charge in [-0.05, 0) is 54.7 Å². The molecule has 39 heavy (non-hydrogen) atoms. The first kappa shape index (κ1) is 26.6. The van der Waals surface area contributed by atoms with Crippen molar-refractivity contribution in [1.29, 1.82) is 0 Å². The molecule has 1 aliphatic heterocycles. The number of nitrogens with zero attached hydrogens (tertiary/aromatic N) is 2. The third kappa shape index (κ3) is 6.74. The maximum absolute atomic E-state index is 14.5. The van der Waals surface area contributed by atoms with E-state index in [0.717, 1.165) is 52.5 Å². The van der Waals surface area contributed by atoms with Gasteiger partial charge in [0.2, 0.25) is 0 Å². The number of aromatic nitrogens is 2. The van der Waals surface area contributed by atoms with Crippen molar-refractivity contribution >= 4 is 17.0 Å². The van der Waals surface area contributed by atoms with E-state index in [4.69, 9.17) is 19.3 Å². The summed E-state index contributed by atoms with van der Waals surface area (Å²) < 4.78 is 33.3. The highest BCUT2D eigenvalue weighted by atomic mass is 19.1. The number of alkyl halides is 1. The number of amides is 1. The first-order chi connectivity index (χ1) is 19.1. The summed E-state index contributed by atoms with van der Waals surface area (Å²) in [5.41, 5.74) is 4.12. The van der Waals surface area contributed by atoms with E-state index in [2.05, 4.69) is 5.32 Å². The van der Waals surface area contributed by atoms with Crippen LogP contribution in [0.3, 0.4) is 0 Å². The number of nitrogens with one attached hydrogen (secondary N) is 1. The molecule has 0 aliphatic carbocycles. The Hall–Kier alpha value is -3.95. The van der Waals surface area contributed by atoms with Gasteiger partial charge in [0, 0.05) is 17.6 Å². The number of alkyl carbamates (subject to hydrolysis) is 1. The molecule has 2 N–H and O–H groups in total. The monoisotopic (exact) mass is 533 g/mol. The number of aliphatic hydroxyl groups is 1. The van der Waals surface area contributed by atoms with E-state index < -0.39 is 12.3 Å². The number of carbonyl (C=O) groups is 1. The molecule has 0 radical (unpaired) electrons. The van der Waals surface area contributed by atoms with Crippen molar-refractivity contribution in [3.05, 3.63) is 83.9 Å². The lowest BCUT2D eigenvalue weighted by molar-refractivity contribution is -0.0365. The molecule has 2 atom stereocenters. The molecule has 0 spiro atoms. The summed E-state index contributed by atoms with van der Waals surface area (Å²) in [7, 11) is 0. The topological polar surface area (TPSA) is 94.8 Å². The molecule has 4 aromatic rings. The second-order valence-electron chi connectivity index (χ2n) is 9.50. The van der Waals surface area contributed by atoms with Crippen LogP contribution in [0.15, 0.2) is 72.8 Å². The predicted molar refractivity (Wildman–Crippen MR) is 145 cm³/mol. The Balaban J connectivity index is 1.26. The fourth-order valence-corrected chi connectivity index (χ4v) is 4.59. The van der Waals surface area contributed by atoms with E-state index in [-0.39, 0.29) is 32.6 Å². The highest BCUT2D eigenvalue weighted by Gasteiger charge is 2.22. The van der Waals surface area contributed by atoms with Gasteiger partial charge in [-0.1, -0.05) is 48.5 Å². The van der Waals surface area contributed by atoms with Crippen LogP contribution in [0.5, 0.6) is 5.75 Å². The number of rotatable bonds is 10. The second-order valence-corrected chi connectivity index (χ2v) is 9.50. The van der Waals surface area contributed by atoms with Crippen molar-refractivity contribution in [3.8, 4) is 17.0 Å². The van der Waals surface area contributed by atoms with Gasteiger partial charge < -0.3 is 24.6 Å². The number of benzene rings is 3. The molecule has 9 heteroatoms. The average molecular weight is 534 g/mol. The van der Waals surface area contributed by atoms with Gasteiger partial charge in [-0.3, -0.25) is 0 Å². The van der Waals surface area contributed by atoms with Crippen LogP contribution < -0.4 is 10.1 Å². The highest BCUT2D eigenvalue weighted by Crippen LogP contribution is 2.35. The molecule has 1 fully saturated rings. The zero-order valence-electron chi connectivity index (χ0n) is 21.6. The summed E-state index contributed by atoms with van der Waals surface area (Å²) in [5, 5.41) is 17.8. The van der Waals surface area contributed by atoms with Crippen LogP contribution >= 0.6 is 0 Å². The van der Waals surface area contributed by atoms with E-state index in [0.29, 0.717) is 12.4 Å². The van der Waals surface area contributed by atoms with Gasteiger partial charge in [0.1, 0.15) is 24.7 Å². The smallest absolute Gasteiger partial charge is 0.407 e. The van der Waals surface area contributed by atoms with Crippen molar-refractivity contribution in [1.82, 2.24) is 15.1 Å². The molecule has 5 rings (SSSR count). The quantitative estimate of drug-likeness (QED) is 0.278. The van der Waals surface area contributed by atoms with E-state index in [1.165, 1.54) is 0 Å². The number of halogens is 1. The van der Waals surface area contributed by atoms with Crippen molar-refractivity contribution in [3.63, 3.8) is 0 Å². The molecule has 1 saturated heterocycles. The van der Waals surface area contributed by atoms with Gasteiger partial charge in [-0.2, -0.15) is 5.10 Å². The maximum Gasteiger partial charge on any atom is 0.407 e.